The molecule has 2 aromatic rings. The minimum atomic E-state index is 0.00682. The maximum absolute atomic E-state index is 5.99. The van der Waals surface area contributed by atoms with Crippen LogP contribution in [-0.4, -0.2) is 46.9 Å². The minimum Gasteiger partial charge on any atom is -0.480 e. The van der Waals surface area contributed by atoms with Crippen LogP contribution in [0, 0.1) is 0 Å². The number of aromatic nitrogens is 3. The maximum Gasteiger partial charge on any atom is 0.233 e. The summed E-state index contributed by atoms with van der Waals surface area (Å²) in [5, 5.41) is 7.98. The Morgan fingerprint density at radius 1 is 1.25 bits per heavy atom. The third-order valence-electron chi connectivity index (χ3n) is 3.50. The lowest BCUT2D eigenvalue weighted by Gasteiger charge is -2.24. The molecule has 6 nitrogen and oxygen atoms in total. The van der Waals surface area contributed by atoms with E-state index in [4.69, 9.17) is 9.47 Å². The van der Waals surface area contributed by atoms with Crippen LogP contribution in [-0.2, 0) is 6.54 Å². The first-order chi connectivity index (χ1) is 11.7. The van der Waals surface area contributed by atoms with Crippen molar-refractivity contribution in [1.29, 1.82) is 0 Å². The zero-order valence-electron chi connectivity index (χ0n) is 14.3. The molecule has 6 heteroatoms. The van der Waals surface area contributed by atoms with E-state index in [0.29, 0.717) is 11.8 Å². The highest BCUT2D eigenvalue weighted by Crippen LogP contribution is 2.15. The van der Waals surface area contributed by atoms with Crippen molar-refractivity contribution in [3.8, 4) is 11.8 Å². The van der Waals surface area contributed by atoms with E-state index in [1.165, 1.54) is 5.56 Å². The molecule has 0 radical (unpaired) electrons. The molecule has 0 aromatic carbocycles. The van der Waals surface area contributed by atoms with E-state index < -0.39 is 0 Å². The predicted octanol–water partition coefficient (Wildman–Crippen LogP) is 2.73. The molecule has 0 amide bonds. The summed E-state index contributed by atoms with van der Waals surface area (Å²) in [7, 11) is 3.63. The Kier molecular flexibility index (Phi) is 7.17. The molecule has 0 fully saturated rings. The first-order valence-corrected chi connectivity index (χ1v) is 7.94. The van der Waals surface area contributed by atoms with Crippen LogP contribution < -0.4 is 9.47 Å². The van der Waals surface area contributed by atoms with Gasteiger partial charge in [-0.1, -0.05) is 12.1 Å². The lowest BCUT2D eigenvalue weighted by atomic mass is 10.1. The standard InChI is InChI=1S/C18H24N4O2/c1-4-5-8-16(24-18-10-9-17(23-3)20-21-18)14-22(2)13-15-7-6-11-19-12-15/h4,6-7,9-12,16H,1,5,8,13-14H2,2-3H3/t16-/m1/s1. The van der Waals surface area contributed by atoms with Crippen LogP contribution in [0.1, 0.15) is 18.4 Å². The summed E-state index contributed by atoms with van der Waals surface area (Å²) in [6, 6.07) is 7.53. The second-order valence-corrected chi connectivity index (χ2v) is 5.58. The average Bonchev–Trinajstić information content (AvgIpc) is 2.61. The zero-order valence-corrected chi connectivity index (χ0v) is 14.3. The second kappa shape index (κ2) is 9.62. The monoisotopic (exact) mass is 328 g/mol. The highest BCUT2D eigenvalue weighted by atomic mass is 16.5. The lowest BCUT2D eigenvalue weighted by molar-refractivity contribution is 0.130. The topological polar surface area (TPSA) is 60.4 Å². The van der Waals surface area contributed by atoms with Crippen molar-refractivity contribution in [2.24, 2.45) is 0 Å². The summed E-state index contributed by atoms with van der Waals surface area (Å²) < 4.78 is 11.0. The first kappa shape index (κ1) is 17.9. The van der Waals surface area contributed by atoms with E-state index in [1.807, 2.05) is 18.3 Å². The average molecular weight is 328 g/mol. The van der Waals surface area contributed by atoms with Crippen LogP contribution in [0.15, 0.2) is 49.3 Å². The van der Waals surface area contributed by atoms with Crippen LogP contribution in [0.25, 0.3) is 0 Å². The number of nitrogens with zero attached hydrogens (tertiary/aromatic N) is 4. The highest BCUT2D eigenvalue weighted by Gasteiger charge is 2.14. The van der Waals surface area contributed by atoms with Crippen molar-refractivity contribution in [3.63, 3.8) is 0 Å². The van der Waals surface area contributed by atoms with Gasteiger partial charge in [-0.25, -0.2) is 0 Å². The highest BCUT2D eigenvalue weighted by molar-refractivity contribution is 5.15. The first-order valence-electron chi connectivity index (χ1n) is 7.94. The molecule has 1 atom stereocenters. The number of hydrogen-bond donors (Lipinski definition) is 0. The molecule has 128 valence electrons. The quantitative estimate of drug-likeness (QED) is 0.625. The Bertz CT molecular complexity index is 604. The summed E-state index contributed by atoms with van der Waals surface area (Å²) in [5.41, 5.74) is 1.17. The molecule has 2 rings (SSSR count). The van der Waals surface area contributed by atoms with Crippen molar-refractivity contribution in [2.75, 3.05) is 20.7 Å². The Morgan fingerprint density at radius 2 is 2.04 bits per heavy atom. The molecule has 0 bridgehead atoms. The molecule has 0 aliphatic carbocycles. The minimum absolute atomic E-state index is 0.00682. The van der Waals surface area contributed by atoms with Crippen LogP contribution in [0.2, 0.25) is 0 Å². The Labute approximate surface area is 143 Å². The summed E-state index contributed by atoms with van der Waals surface area (Å²) in [5.74, 6) is 0.971. The van der Waals surface area contributed by atoms with Crippen molar-refractivity contribution in [1.82, 2.24) is 20.1 Å². The predicted molar refractivity (Wildman–Crippen MR) is 93.0 cm³/mol. The molecule has 0 saturated carbocycles. The zero-order chi connectivity index (χ0) is 17.2. The molecule has 0 aliphatic heterocycles. The van der Waals surface area contributed by atoms with E-state index in [0.717, 1.165) is 25.9 Å². The van der Waals surface area contributed by atoms with Gasteiger partial charge in [0.05, 0.1) is 7.11 Å². The smallest absolute Gasteiger partial charge is 0.233 e. The van der Waals surface area contributed by atoms with Gasteiger partial charge in [0.1, 0.15) is 6.10 Å². The van der Waals surface area contributed by atoms with Crippen molar-refractivity contribution < 1.29 is 9.47 Å². The van der Waals surface area contributed by atoms with Crippen LogP contribution in [0.5, 0.6) is 11.8 Å². The molecule has 2 heterocycles. The molecule has 0 aliphatic rings. The molecule has 0 spiro atoms. The van der Waals surface area contributed by atoms with Gasteiger partial charge in [0.25, 0.3) is 0 Å². The van der Waals surface area contributed by atoms with Gasteiger partial charge in [-0.2, -0.15) is 0 Å². The van der Waals surface area contributed by atoms with Gasteiger partial charge in [-0.05, 0) is 31.5 Å². The SMILES string of the molecule is C=CCC[C@H](CN(C)Cc1cccnc1)Oc1ccc(OC)nn1. The van der Waals surface area contributed by atoms with Crippen molar-refractivity contribution in [3.05, 3.63) is 54.9 Å². The maximum atomic E-state index is 5.99. The number of likely N-dealkylation sites (N-methyl/N-ethyl adjacent to an activating group) is 1. The molecular weight excluding hydrogens is 304 g/mol. The lowest BCUT2D eigenvalue weighted by Crippen LogP contribution is -2.33. The number of rotatable bonds is 10. The summed E-state index contributed by atoms with van der Waals surface area (Å²) in [4.78, 5) is 6.36. The largest absolute Gasteiger partial charge is 0.480 e. The van der Waals surface area contributed by atoms with Gasteiger partial charge >= 0.3 is 0 Å². The number of pyridine rings is 1. The third kappa shape index (κ3) is 5.96. The molecule has 2 aromatic heterocycles. The van der Waals surface area contributed by atoms with Gasteiger partial charge in [0.2, 0.25) is 11.8 Å². The number of methoxy groups -OCH3 is 1. The molecule has 0 N–H and O–H groups in total. The number of ether oxygens (including phenoxy) is 2. The summed E-state index contributed by atoms with van der Waals surface area (Å²) >= 11 is 0. The van der Waals surface area contributed by atoms with Gasteiger partial charge in [0, 0.05) is 37.6 Å². The van der Waals surface area contributed by atoms with E-state index in [-0.39, 0.29) is 6.10 Å². The second-order valence-electron chi connectivity index (χ2n) is 5.58. The van der Waals surface area contributed by atoms with E-state index in [1.54, 1.807) is 25.4 Å². The van der Waals surface area contributed by atoms with Gasteiger partial charge in [-0.15, -0.1) is 16.8 Å². The number of hydrogen-bond acceptors (Lipinski definition) is 6. The number of allylic oxidation sites excluding steroid dienone is 1. The van der Waals surface area contributed by atoms with Crippen LogP contribution >= 0.6 is 0 Å². The fraction of sp³-hybridized carbons (Fsp3) is 0.389. The Hall–Kier alpha value is -2.47. The van der Waals surface area contributed by atoms with Gasteiger partial charge in [0.15, 0.2) is 0 Å². The normalized spacial score (nSPS) is 12.0. The summed E-state index contributed by atoms with van der Waals surface area (Å²) in [6.07, 6.45) is 7.32. The fourth-order valence-electron chi connectivity index (χ4n) is 2.36. The fourth-order valence-corrected chi connectivity index (χ4v) is 2.36. The van der Waals surface area contributed by atoms with E-state index in [2.05, 4.69) is 39.8 Å². The van der Waals surface area contributed by atoms with Crippen LogP contribution in [0.3, 0.4) is 0 Å². The summed E-state index contributed by atoms with van der Waals surface area (Å²) in [6.45, 7) is 5.38. The van der Waals surface area contributed by atoms with Crippen molar-refractivity contribution >= 4 is 0 Å². The molecule has 0 saturated heterocycles. The molecular formula is C18H24N4O2. The Balaban J connectivity index is 1.94. The van der Waals surface area contributed by atoms with Gasteiger partial charge < -0.3 is 9.47 Å². The molecule has 0 unspecified atom stereocenters. The molecule has 24 heavy (non-hydrogen) atoms. The van der Waals surface area contributed by atoms with Crippen molar-refractivity contribution in [2.45, 2.75) is 25.5 Å². The van der Waals surface area contributed by atoms with Gasteiger partial charge in [-0.3, -0.25) is 9.88 Å². The van der Waals surface area contributed by atoms with E-state index in [9.17, 15) is 0 Å². The third-order valence-corrected chi connectivity index (χ3v) is 3.50. The van der Waals surface area contributed by atoms with E-state index >= 15 is 0 Å². The van der Waals surface area contributed by atoms with Crippen LogP contribution in [0.4, 0.5) is 0 Å². The Morgan fingerprint density at radius 3 is 2.67 bits per heavy atom.